The van der Waals surface area contributed by atoms with Crippen molar-refractivity contribution in [3.8, 4) is 0 Å². The Bertz CT molecular complexity index is 494. The molecular weight excluding hydrogens is 335 g/mol. The number of nitrogens with zero attached hydrogens (tertiary/aromatic N) is 3. The zero-order valence-corrected chi connectivity index (χ0v) is 11.4. The van der Waals surface area contributed by atoms with Gasteiger partial charge in [0.1, 0.15) is 17.6 Å². The molecule has 0 spiro atoms. The fourth-order valence-corrected chi connectivity index (χ4v) is 2.13. The van der Waals surface area contributed by atoms with Crippen LogP contribution < -0.4 is 5.73 Å². The maximum absolute atomic E-state index is 9.62. The molecular formula is C10H13IN4O2. The lowest BCUT2D eigenvalue weighted by atomic mass is 10.2. The summed E-state index contributed by atoms with van der Waals surface area (Å²) in [7, 11) is 0. The summed E-state index contributed by atoms with van der Waals surface area (Å²) in [6.07, 6.45) is 2.77. The molecule has 0 amide bonds. The fraction of sp³-hybridized carbons (Fsp3) is 0.400. The number of hydrogen-bond acceptors (Lipinski definition) is 5. The van der Waals surface area contributed by atoms with Crippen LogP contribution in [0.4, 0.5) is 0 Å². The molecule has 2 aromatic rings. The largest absolute Gasteiger partial charge is 0.385 e. The van der Waals surface area contributed by atoms with E-state index >= 15 is 0 Å². The van der Waals surface area contributed by atoms with Crippen LogP contribution in [0.3, 0.4) is 0 Å². The summed E-state index contributed by atoms with van der Waals surface area (Å²) in [5.41, 5.74) is 6.49. The van der Waals surface area contributed by atoms with Crippen LogP contribution in [0.1, 0.15) is 30.6 Å². The highest BCUT2D eigenvalue weighted by atomic mass is 127. The second-order valence-corrected chi connectivity index (χ2v) is 4.74. The molecule has 2 aromatic heterocycles. The molecule has 0 fully saturated rings. The summed E-state index contributed by atoms with van der Waals surface area (Å²) in [5, 5.41) is 13.6. The maximum atomic E-state index is 9.62. The van der Waals surface area contributed by atoms with Crippen LogP contribution in [0.2, 0.25) is 0 Å². The normalized spacial score (nSPS) is 14.8. The van der Waals surface area contributed by atoms with Crippen LogP contribution in [0.25, 0.3) is 0 Å². The summed E-state index contributed by atoms with van der Waals surface area (Å²) in [4.78, 5) is 4.11. The second-order valence-electron chi connectivity index (χ2n) is 3.68. The SMILES string of the molecule is C[C@H](O)c1nccn1[C@H](CN)c1cc(I)on1. The molecule has 0 aromatic carbocycles. The molecule has 3 N–H and O–H groups in total. The van der Waals surface area contributed by atoms with Crippen LogP contribution in [0, 0.1) is 3.77 Å². The number of rotatable bonds is 4. The predicted molar refractivity (Wildman–Crippen MR) is 69.3 cm³/mol. The van der Waals surface area contributed by atoms with Crippen LogP contribution in [0.5, 0.6) is 0 Å². The molecule has 0 aliphatic carbocycles. The van der Waals surface area contributed by atoms with E-state index < -0.39 is 6.10 Å². The molecule has 2 rings (SSSR count). The van der Waals surface area contributed by atoms with Gasteiger partial charge < -0.3 is 19.9 Å². The summed E-state index contributed by atoms with van der Waals surface area (Å²) in [6, 6.07) is 1.65. The number of hydrogen-bond donors (Lipinski definition) is 2. The van der Waals surface area contributed by atoms with E-state index in [0.717, 1.165) is 5.69 Å². The summed E-state index contributed by atoms with van der Waals surface area (Å²) >= 11 is 2.05. The van der Waals surface area contributed by atoms with Gasteiger partial charge in [0.05, 0.1) is 6.04 Å². The lowest BCUT2D eigenvalue weighted by molar-refractivity contribution is 0.182. The number of aliphatic hydroxyl groups excluding tert-OH is 1. The van der Waals surface area contributed by atoms with Crippen LogP contribution >= 0.6 is 22.6 Å². The molecule has 2 atom stereocenters. The van der Waals surface area contributed by atoms with Crippen LogP contribution in [-0.2, 0) is 0 Å². The lowest BCUT2D eigenvalue weighted by Crippen LogP contribution is -2.22. The molecule has 0 bridgehead atoms. The number of aliphatic hydroxyl groups is 1. The van der Waals surface area contributed by atoms with Gasteiger partial charge in [-0.2, -0.15) is 0 Å². The van der Waals surface area contributed by atoms with Gasteiger partial charge in [-0.25, -0.2) is 4.98 Å². The van der Waals surface area contributed by atoms with E-state index in [2.05, 4.69) is 10.1 Å². The van der Waals surface area contributed by atoms with Gasteiger partial charge in [0.15, 0.2) is 3.77 Å². The lowest BCUT2D eigenvalue weighted by Gasteiger charge is -2.17. The van der Waals surface area contributed by atoms with E-state index in [-0.39, 0.29) is 6.04 Å². The highest BCUT2D eigenvalue weighted by Crippen LogP contribution is 2.22. The summed E-state index contributed by atoms with van der Waals surface area (Å²) < 4.78 is 7.55. The zero-order valence-electron chi connectivity index (χ0n) is 9.25. The van der Waals surface area contributed by atoms with Gasteiger partial charge >= 0.3 is 0 Å². The van der Waals surface area contributed by atoms with Gasteiger partial charge in [-0.05, 0) is 6.92 Å². The van der Waals surface area contributed by atoms with Gasteiger partial charge in [-0.15, -0.1) is 0 Å². The molecule has 6 nitrogen and oxygen atoms in total. The Morgan fingerprint density at radius 1 is 1.65 bits per heavy atom. The van der Waals surface area contributed by atoms with Gasteiger partial charge in [0.25, 0.3) is 0 Å². The quantitative estimate of drug-likeness (QED) is 0.807. The van der Waals surface area contributed by atoms with E-state index in [9.17, 15) is 5.11 Å². The Hall–Kier alpha value is -0.930. The first-order chi connectivity index (χ1) is 8.13. The van der Waals surface area contributed by atoms with Crippen LogP contribution in [-0.4, -0.2) is 26.4 Å². The van der Waals surface area contributed by atoms with Crippen molar-refractivity contribution < 1.29 is 9.63 Å². The van der Waals surface area contributed by atoms with Crippen LogP contribution in [0.15, 0.2) is 23.0 Å². The third kappa shape index (κ3) is 2.50. The molecule has 92 valence electrons. The number of imidazole rings is 1. The first-order valence-electron chi connectivity index (χ1n) is 5.16. The molecule has 0 radical (unpaired) electrons. The minimum Gasteiger partial charge on any atom is -0.385 e. The van der Waals surface area contributed by atoms with Gasteiger partial charge in [0.2, 0.25) is 0 Å². The average Bonchev–Trinajstić information content (AvgIpc) is 2.89. The van der Waals surface area contributed by atoms with E-state index in [1.54, 1.807) is 19.3 Å². The fourth-order valence-electron chi connectivity index (χ4n) is 1.71. The molecule has 7 heteroatoms. The summed E-state index contributed by atoms with van der Waals surface area (Å²) in [5.74, 6) is 0.568. The third-order valence-electron chi connectivity index (χ3n) is 2.47. The Morgan fingerprint density at radius 2 is 2.41 bits per heavy atom. The maximum Gasteiger partial charge on any atom is 0.196 e. The molecule has 0 aliphatic rings. The average molecular weight is 348 g/mol. The van der Waals surface area contributed by atoms with Crippen molar-refractivity contribution in [2.45, 2.75) is 19.1 Å². The van der Waals surface area contributed by atoms with Crippen molar-refractivity contribution in [1.82, 2.24) is 14.7 Å². The number of halogens is 1. The molecule has 0 saturated heterocycles. The first-order valence-corrected chi connectivity index (χ1v) is 6.24. The van der Waals surface area contributed by atoms with Crippen molar-refractivity contribution >= 4 is 22.6 Å². The molecule has 0 unspecified atom stereocenters. The highest BCUT2D eigenvalue weighted by molar-refractivity contribution is 14.1. The second kappa shape index (κ2) is 5.15. The smallest absolute Gasteiger partial charge is 0.196 e. The zero-order chi connectivity index (χ0) is 12.4. The van der Waals surface area contributed by atoms with Gasteiger partial charge in [0, 0.05) is 47.6 Å². The van der Waals surface area contributed by atoms with Crippen molar-refractivity contribution in [3.63, 3.8) is 0 Å². The molecule has 0 aliphatic heterocycles. The Balaban J connectivity index is 2.38. The Kier molecular flexibility index (Phi) is 3.79. The number of nitrogens with two attached hydrogens (primary N) is 1. The van der Waals surface area contributed by atoms with Gasteiger partial charge in [-0.1, -0.05) is 5.16 Å². The van der Waals surface area contributed by atoms with Crippen molar-refractivity contribution in [2.24, 2.45) is 5.73 Å². The predicted octanol–water partition coefficient (Wildman–Crippen LogP) is 1.08. The van der Waals surface area contributed by atoms with Crippen molar-refractivity contribution in [2.75, 3.05) is 6.54 Å². The number of aromatic nitrogens is 3. The Morgan fingerprint density at radius 3 is 2.94 bits per heavy atom. The molecule has 17 heavy (non-hydrogen) atoms. The van der Waals surface area contributed by atoms with Crippen molar-refractivity contribution in [1.29, 1.82) is 0 Å². The standard InChI is InChI=1S/C10H13IN4O2/c1-6(16)10-13-2-3-15(10)8(5-12)7-4-9(11)17-14-7/h2-4,6,8,16H,5,12H2,1H3/t6-,8+/m0/s1. The minimum atomic E-state index is -0.648. The monoisotopic (exact) mass is 348 g/mol. The highest BCUT2D eigenvalue weighted by Gasteiger charge is 2.20. The summed E-state index contributed by atoms with van der Waals surface area (Å²) in [6.45, 7) is 2.03. The minimum absolute atomic E-state index is 0.172. The van der Waals surface area contributed by atoms with E-state index in [1.807, 2.05) is 33.2 Å². The van der Waals surface area contributed by atoms with E-state index in [1.165, 1.54) is 0 Å². The molecule has 2 heterocycles. The molecule has 0 saturated carbocycles. The van der Waals surface area contributed by atoms with Crippen molar-refractivity contribution in [3.05, 3.63) is 33.7 Å². The van der Waals surface area contributed by atoms with E-state index in [0.29, 0.717) is 16.1 Å². The third-order valence-corrected chi connectivity index (χ3v) is 2.98. The van der Waals surface area contributed by atoms with E-state index in [4.69, 9.17) is 10.3 Å². The van der Waals surface area contributed by atoms with Gasteiger partial charge in [-0.3, -0.25) is 0 Å². The first kappa shape index (κ1) is 12.5. The Labute approximate surface area is 112 Å². The topological polar surface area (TPSA) is 90.1 Å².